The number of hydrogen-bond donors (Lipinski definition) is 2. The summed E-state index contributed by atoms with van der Waals surface area (Å²) in [5.41, 5.74) is 1.82. The minimum absolute atomic E-state index is 0.174. The first-order chi connectivity index (χ1) is 11.3. The first-order valence-corrected chi connectivity index (χ1v) is 8.35. The number of hydrogen-bond acceptors (Lipinski definition) is 5. The van der Waals surface area contributed by atoms with E-state index >= 15 is 0 Å². The van der Waals surface area contributed by atoms with Crippen molar-refractivity contribution in [2.75, 3.05) is 18.5 Å². The number of anilines is 1. The van der Waals surface area contributed by atoms with Crippen LogP contribution < -0.4 is 5.32 Å². The Morgan fingerprint density at radius 2 is 2.09 bits per heavy atom. The minimum atomic E-state index is 0.174. The maximum Gasteiger partial charge on any atom is 0.154 e. The predicted octanol–water partition coefficient (Wildman–Crippen LogP) is 3.41. The summed E-state index contributed by atoms with van der Waals surface area (Å²) in [4.78, 5) is 5.59. The summed E-state index contributed by atoms with van der Waals surface area (Å²) in [7, 11) is 0. The molecule has 1 aromatic carbocycles. The average molecular weight is 324 g/mol. The van der Waals surface area contributed by atoms with Crippen molar-refractivity contribution >= 4 is 32.9 Å². The number of benzene rings is 1. The highest BCUT2D eigenvalue weighted by atomic mass is 32.1. The quantitative estimate of drug-likeness (QED) is 0.552. The van der Waals surface area contributed by atoms with Crippen LogP contribution in [0.4, 0.5) is 5.82 Å². The number of nitrogens with one attached hydrogen (secondary N) is 1. The van der Waals surface area contributed by atoms with Crippen LogP contribution in [0.3, 0.4) is 0 Å². The topological polar surface area (TPSA) is 62.5 Å². The summed E-state index contributed by atoms with van der Waals surface area (Å²) in [5.74, 6) is 0.784. The second kappa shape index (κ2) is 5.98. The Hall–Kier alpha value is -2.44. The van der Waals surface area contributed by atoms with Crippen molar-refractivity contribution in [3.63, 3.8) is 0 Å². The number of nitrogens with zero attached hydrogens (tertiary/aromatic N) is 3. The van der Waals surface area contributed by atoms with E-state index in [1.165, 1.54) is 10.1 Å². The molecule has 0 aliphatic heterocycles. The molecule has 0 aliphatic carbocycles. The molecule has 0 amide bonds. The van der Waals surface area contributed by atoms with E-state index in [1.54, 1.807) is 11.3 Å². The lowest BCUT2D eigenvalue weighted by molar-refractivity contribution is 0.292. The molecule has 0 fully saturated rings. The van der Waals surface area contributed by atoms with E-state index in [9.17, 15) is 0 Å². The Bertz CT molecular complexity index is 926. The largest absolute Gasteiger partial charge is 0.396 e. The number of aliphatic hydroxyl groups excluding tert-OH is 1. The average Bonchev–Trinajstić information content (AvgIpc) is 3.18. The third-order valence-corrected chi connectivity index (χ3v) is 4.82. The van der Waals surface area contributed by atoms with Crippen LogP contribution in [-0.4, -0.2) is 32.9 Å². The molecule has 116 valence electrons. The van der Waals surface area contributed by atoms with Crippen molar-refractivity contribution in [3.05, 3.63) is 48.7 Å². The molecule has 2 N–H and O–H groups in total. The smallest absolute Gasteiger partial charge is 0.154 e. The van der Waals surface area contributed by atoms with Crippen molar-refractivity contribution in [1.82, 2.24) is 14.6 Å². The molecule has 5 nitrogen and oxygen atoms in total. The lowest BCUT2D eigenvalue weighted by atomic mass is 10.2. The van der Waals surface area contributed by atoms with Crippen LogP contribution in [0.25, 0.3) is 26.3 Å². The molecule has 3 aromatic heterocycles. The SMILES string of the molecule is OCCCNc1ccc2ncc(-c3cc4ccccc4s3)n2n1. The molecule has 6 heteroatoms. The number of fused-ring (bicyclic) bond motifs is 2. The van der Waals surface area contributed by atoms with E-state index in [0.717, 1.165) is 22.0 Å². The summed E-state index contributed by atoms with van der Waals surface area (Å²) in [5, 5.41) is 17.9. The Morgan fingerprint density at radius 3 is 2.96 bits per heavy atom. The number of aromatic nitrogens is 3. The van der Waals surface area contributed by atoms with Gasteiger partial charge in [0.2, 0.25) is 0 Å². The van der Waals surface area contributed by atoms with Crippen molar-refractivity contribution in [3.8, 4) is 10.6 Å². The molecule has 4 aromatic rings. The molecule has 0 bridgehead atoms. The molecular formula is C17H16N4OS. The van der Waals surface area contributed by atoms with Gasteiger partial charge in [-0.2, -0.15) is 0 Å². The third kappa shape index (κ3) is 2.67. The van der Waals surface area contributed by atoms with Crippen molar-refractivity contribution in [2.24, 2.45) is 0 Å². The van der Waals surface area contributed by atoms with Crippen LogP contribution in [0, 0.1) is 0 Å². The molecular weight excluding hydrogens is 308 g/mol. The van der Waals surface area contributed by atoms with E-state index in [0.29, 0.717) is 13.0 Å². The lowest BCUT2D eigenvalue weighted by Gasteiger charge is -2.05. The highest BCUT2D eigenvalue weighted by Crippen LogP contribution is 2.33. The van der Waals surface area contributed by atoms with E-state index in [1.807, 2.05) is 22.8 Å². The summed E-state index contributed by atoms with van der Waals surface area (Å²) in [6, 6.07) is 14.4. The van der Waals surface area contributed by atoms with Gasteiger partial charge in [0.15, 0.2) is 5.65 Å². The maximum atomic E-state index is 8.87. The summed E-state index contributed by atoms with van der Waals surface area (Å²) in [6.45, 7) is 0.870. The van der Waals surface area contributed by atoms with Gasteiger partial charge in [0.25, 0.3) is 0 Å². The zero-order valence-corrected chi connectivity index (χ0v) is 13.3. The fourth-order valence-electron chi connectivity index (χ4n) is 2.54. The highest BCUT2D eigenvalue weighted by molar-refractivity contribution is 7.22. The molecule has 0 saturated heterocycles. The Kier molecular flexibility index (Phi) is 3.69. The van der Waals surface area contributed by atoms with Crippen molar-refractivity contribution < 1.29 is 5.11 Å². The van der Waals surface area contributed by atoms with Crippen LogP contribution in [0.2, 0.25) is 0 Å². The van der Waals surface area contributed by atoms with Gasteiger partial charge >= 0.3 is 0 Å². The summed E-state index contributed by atoms with van der Waals surface area (Å²) >= 11 is 1.74. The Balaban J connectivity index is 1.75. The maximum absolute atomic E-state index is 8.87. The van der Waals surface area contributed by atoms with Gasteiger partial charge in [-0.3, -0.25) is 0 Å². The molecule has 23 heavy (non-hydrogen) atoms. The first-order valence-electron chi connectivity index (χ1n) is 7.53. The molecule has 4 rings (SSSR count). The highest BCUT2D eigenvalue weighted by Gasteiger charge is 2.11. The lowest BCUT2D eigenvalue weighted by Crippen LogP contribution is -2.07. The Labute approximate surface area is 137 Å². The molecule has 0 aliphatic rings. The number of imidazole rings is 1. The standard InChI is InChI=1S/C17H16N4OS/c22-9-3-8-18-16-6-7-17-19-11-13(21(17)20-16)15-10-12-4-1-2-5-14(12)23-15/h1-2,4-7,10-11,22H,3,8-9H2,(H,18,20). The van der Waals surface area contributed by atoms with E-state index < -0.39 is 0 Å². The second-order valence-corrected chi connectivity index (χ2v) is 6.37. The van der Waals surface area contributed by atoms with Crippen LogP contribution in [-0.2, 0) is 0 Å². The van der Waals surface area contributed by atoms with Gasteiger partial charge in [-0.1, -0.05) is 18.2 Å². The van der Waals surface area contributed by atoms with Crippen LogP contribution in [0.1, 0.15) is 6.42 Å². The van der Waals surface area contributed by atoms with Gasteiger partial charge in [-0.15, -0.1) is 16.4 Å². The molecule has 3 heterocycles. The first kappa shape index (κ1) is 14.2. The minimum Gasteiger partial charge on any atom is -0.396 e. The van der Waals surface area contributed by atoms with E-state index in [-0.39, 0.29) is 6.61 Å². The van der Waals surface area contributed by atoms with Crippen molar-refractivity contribution in [1.29, 1.82) is 0 Å². The molecule has 0 radical (unpaired) electrons. The van der Waals surface area contributed by atoms with E-state index in [4.69, 9.17) is 5.11 Å². The van der Waals surface area contributed by atoms with E-state index in [2.05, 4.69) is 45.7 Å². The summed E-state index contributed by atoms with van der Waals surface area (Å²) in [6.07, 6.45) is 2.57. The van der Waals surface area contributed by atoms with Crippen LogP contribution >= 0.6 is 11.3 Å². The van der Waals surface area contributed by atoms with Gasteiger partial charge in [0.1, 0.15) is 11.5 Å². The molecule has 0 saturated carbocycles. The van der Waals surface area contributed by atoms with Crippen LogP contribution in [0.15, 0.2) is 48.7 Å². The molecule has 0 unspecified atom stereocenters. The predicted molar refractivity (Wildman–Crippen MR) is 94.0 cm³/mol. The summed E-state index contributed by atoms with van der Waals surface area (Å²) < 4.78 is 3.13. The number of aliphatic hydroxyl groups is 1. The number of rotatable bonds is 5. The van der Waals surface area contributed by atoms with Crippen molar-refractivity contribution in [2.45, 2.75) is 6.42 Å². The van der Waals surface area contributed by atoms with Gasteiger partial charge in [0, 0.05) is 17.9 Å². The second-order valence-electron chi connectivity index (χ2n) is 5.28. The third-order valence-electron chi connectivity index (χ3n) is 3.68. The zero-order chi connectivity index (χ0) is 15.6. The number of thiophene rings is 1. The zero-order valence-electron chi connectivity index (χ0n) is 12.4. The normalized spacial score (nSPS) is 11.3. The van der Waals surface area contributed by atoms with Gasteiger partial charge in [-0.25, -0.2) is 9.50 Å². The monoisotopic (exact) mass is 324 g/mol. The molecule has 0 spiro atoms. The van der Waals surface area contributed by atoms with Gasteiger partial charge < -0.3 is 10.4 Å². The fraction of sp³-hybridized carbons (Fsp3) is 0.176. The van der Waals surface area contributed by atoms with Crippen LogP contribution in [0.5, 0.6) is 0 Å². The van der Waals surface area contributed by atoms with Gasteiger partial charge in [0.05, 0.1) is 11.1 Å². The Morgan fingerprint density at radius 1 is 1.17 bits per heavy atom. The fourth-order valence-corrected chi connectivity index (χ4v) is 3.60. The molecule has 0 atom stereocenters. The van der Waals surface area contributed by atoms with Gasteiger partial charge in [-0.05, 0) is 36.1 Å².